The Morgan fingerprint density at radius 1 is 0.667 bits per heavy atom. The van der Waals surface area contributed by atoms with Crippen molar-refractivity contribution < 1.29 is 18.9 Å². The maximum Gasteiger partial charge on any atom is 0.0724 e. The summed E-state index contributed by atoms with van der Waals surface area (Å²) in [6.07, 6.45) is 4.18. The lowest BCUT2D eigenvalue weighted by Gasteiger charge is -2.45. The molecule has 0 bridgehead atoms. The van der Waals surface area contributed by atoms with Gasteiger partial charge in [0.15, 0.2) is 0 Å². The molecule has 2 saturated heterocycles. The molecule has 0 saturated carbocycles. The molecule has 2 aliphatic rings. The molecule has 0 aliphatic carbocycles. The number of rotatable bonds is 13. The predicted octanol–water partition coefficient (Wildman–Crippen LogP) is 7.23. The molecule has 0 unspecified atom stereocenters. The smallest absolute Gasteiger partial charge is 0.0724 e. The summed E-state index contributed by atoms with van der Waals surface area (Å²) in [5.41, 5.74) is 5.13. The highest BCUT2D eigenvalue weighted by Gasteiger charge is 2.42. The summed E-state index contributed by atoms with van der Waals surface area (Å²) in [6, 6.07) is 17.7. The summed E-state index contributed by atoms with van der Waals surface area (Å²) in [5.74, 6) is 0. The van der Waals surface area contributed by atoms with E-state index in [2.05, 4.69) is 90.1 Å². The van der Waals surface area contributed by atoms with Crippen LogP contribution in [0.25, 0.3) is 11.1 Å². The van der Waals surface area contributed by atoms with Crippen LogP contribution in [0.3, 0.4) is 0 Å². The third-order valence-corrected chi connectivity index (χ3v) is 8.20. The second-order valence-electron chi connectivity index (χ2n) is 12.5. The van der Waals surface area contributed by atoms with Gasteiger partial charge in [0.2, 0.25) is 0 Å². The normalized spacial score (nSPS) is 18.9. The van der Waals surface area contributed by atoms with E-state index in [-0.39, 0.29) is 16.6 Å². The molecule has 4 rings (SSSR count). The van der Waals surface area contributed by atoms with Gasteiger partial charge in [0.1, 0.15) is 0 Å². The molecule has 4 heteroatoms. The van der Waals surface area contributed by atoms with Gasteiger partial charge < -0.3 is 18.9 Å². The quantitative estimate of drug-likeness (QED) is 0.294. The van der Waals surface area contributed by atoms with Crippen molar-refractivity contribution in [3.63, 3.8) is 0 Å². The highest BCUT2D eigenvalue weighted by Crippen LogP contribution is 2.40. The minimum Gasteiger partial charge on any atom is -0.380 e. The largest absolute Gasteiger partial charge is 0.380 e. The van der Waals surface area contributed by atoms with Crippen molar-refractivity contribution in [3.05, 3.63) is 59.7 Å². The maximum absolute atomic E-state index is 6.35. The minimum absolute atomic E-state index is 0.158. The molecular formula is C32H46O4. The highest BCUT2D eigenvalue weighted by molar-refractivity contribution is 5.64. The zero-order valence-electron chi connectivity index (χ0n) is 23.3. The van der Waals surface area contributed by atoms with Crippen LogP contribution in [0.15, 0.2) is 48.5 Å². The van der Waals surface area contributed by atoms with Crippen LogP contribution in [0.2, 0.25) is 0 Å². The first-order valence-corrected chi connectivity index (χ1v) is 13.7. The zero-order valence-corrected chi connectivity index (χ0v) is 23.3. The molecule has 198 valence electrons. The van der Waals surface area contributed by atoms with E-state index < -0.39 is 0 Å². The van der Waals surface area contributed by atoms with Crippen molar-refractivity contribution >= 4 is 0 Å². The van der Waals surface area contributed by atoms with Gasteiger partial charge >= 0.3 is 0 Å². The van der Waals surface area contributed by atoms with Gasteiger partial charge in [0.25, 0.3) is 0 Å². The van der Waals surface area contributed by atoms with Crippen LogP contribution >= 0.6 is 0 Å². The molecule has 4 nitrogen and oxygen atoms in total. The standard InChI is InChI=1S/C32H46O4/c1-7-31(20-33-21-31)19-30(5,6)35-18-26-11-15-28(16-12-26)27-13-9-25(10-14-27)17-29(3,4)36-24-32(8-2)22-34-23-32/h9-16H,7-8,17-24H2,1-6H3. The molecule has 2 aromatic rings. The van der Waals surface area contributed by atoms with Crippen LogP contribution in [0, 0.1) is 10.8 Å². The lowest BCUT2D eigenvalue weighted by atomic mass is 9.74. The average molecular weight is 495 g/mol. The van der Waals surface area contributed by atoms with Gasteiger partial charge in [-0.1, -0.05) is 62.4 Å². The third kappa shape index (κ3) is 6.77. The van der Waals surface area contributed by atoms with E-state index >= 15 is 0 Å². The summed E-state index contributed by atoms with van der Waals surface area (Å²) in [6.45, 7) is 18.1. The Balaban J connectivity index is 1.28. The molecule has 2 aromatic carbocycles. The van der Waals surface area contributed by atoms with Crippen molar-refractivity contribution in [3.8, 4) is 11.1 Å². The Kier molecular flexibility index (Phi) is 8.31. The summed E-state index contributed by atoms with van der Waals surface area (Å²) >= 11 is 0. The molecule has 2 aliphatic heterocycles. The summed E-state index contributed by atoms with van der Waals surface area (Å²) in [5, 5.41) is 0. The highest BCUT2D eigenvalue weighted by atomic mass is 16.5. The summed E-state index contributed by atoms with van der Waals surface area (Å²) in [7, 11) is 0. The average Bonchev–Trinajstić information content (AvgIpc) is 2.80. The van der Waals surface area contributed by atoms with Gasteiger partial charge in [-0.25, -0.2) is 0 Å². The molecule has 0 N–H and O–H groups in total. The Morgan fingerprint density at radius 3 is 1.61 bits per heavy atom. The van der Waals surface area contributed by atoms with Crippen LogP contribution in [-0.2, 0) is 32.0 Å². The van der Waals surface area contributed by atoms with Crippen LogP contribution < -0.4 is 0 Å². The van der Waals surface area contributed by atoms with Gasteiger partial charge in [-0.3, -0.25) is 0 Å². The first-order valence-electron chi connectivity index (χ1n) is 13.7. The second-order valence-corrected chi connectivity index (χ2v) is 12.5. The lowest BCUT2D eigenvalue weighted by molar-refractivity contribution is -0.174. The van der Waals surface area contributed by atoms with Gasteiger partial charge in [-0.2, -0.15) is 0 Å². The number of benzene rings is 2. The zero-order chi connectivity index (χ0) is 25.9. The Morgan fingerprint density at radius 2 is 1.17 bits per heavy atom. The summed E-state index contributed by atoms with van der Waals surface area (Å²) < 4.78 is 23.6. The molecule has 2 heterocycles. The molecule has 36 heavy (non-hydrogen) atoms. The lowest BCUT2D eigenvalue weighted by Crippen LogP contribution is -2.47. The topological polar surface area (TPSA) is 36.9 Å². The summed E-state index contributed by atoms with van der Waals surface area (Å²) in [4.78, 5) is 0. The molecule has 0 atom stereocenters. The number of hydrogen-bond donors (Lipinski definition) is 0. The Hall–Kier alpha value is -1.72. The van der Waals surface area contributed by atoms with Gasteiger partial charge in [0.05, 0.1) is 50.8 Å². The van der Waals surface area contributed by atoms with Gasteiger partial charge in [-0.05, 0) is 69.2 Å². The van der Waals surface area contributed by atoms with E-state index in [1.807, 2.05) is 0 Å². The van der Waals surface area contributed by atoms with Crippen LogP contribution in [0.5, 0.6) is 0 Å². The third-order valence-electron chi connectivity index (χ3n) is 8.20. The first kappa shape index (κ1) is 27.3. The molecule has 0 aromatic heterocycles. The van der Waals surface area contributed by atoms with E-state index in [9.17, 15) is 0 Å². The molecule has 0 spiro atoms. The fourth-order valence-electron chi connectivity index (χ4n) is 5.33. The molecule has 0 radical (unpaired) electrons. The van der Waals surface area contributed by atoms with Crippen molar-refractivity contribution in [2.45, 2.75) is 85.0 Å². The monoisotopic (exact) mass is 494 g/mol. The van der Waals surface area contributed by atoms with Crippen LogP contribution in [0.4, 0.5) is 0 Å². The first-order chi connectivity index (χ1) is 17.1. The number of hydrogen-bond acceptors (Lipinski definition) is 4. The number of ether oxygens (including phenoxy) is 4. The minimum atomic E-state index is -0.197. The fourth-order valence-corrected chi connectivity index (χ4v) is 5.33. The predicted molar refractivity (Wildman–Crippen MR) is 146 cm³/mol. The second kappa shape index (κ2) is 10.9. The van der Waals surface area contributed by atoms with Crippen LogP contribution in [-0.4, -0.2) is 44.2 Å². The van der Waals surface area contributed by atoms with Gasteiger partial charge in [0, 0.05) is 17.3 Å². The van der Waals surface area contributed by atoms with E-state index in [1.165, 1.54) is 22.3 Å². The van der Waals surface area contributed by atoms with E-state index in [0.29, 0.717) is 12.0 Å². The maximum atomic E-state index is 6.35. The SMILES string of the molecule is CCC1(COC(C)(C)Cc2ccc(-c3ccc(COC(C)(C)CC4(CC)COC4)cc3)cc2)COC1. The Labute approximate surface area is 218 Å². The van der Waals surface area contributed by atoms with E-state index in [0.717, 1.165) is 58.7 Å². The van der Waals surface area contributed by atoms with Crippen molar-refractivity contribution in [2.24, 2.45) is 10.8 Å². The van der Waals surface area contributed by atoms with Crippen molar-refractivity contribution in [1.82, 2.24) is 0 Å². The van der Waals surface area contributed by atoms with Crippen molar-refractivity contribution in [1.29, 1.82) is 0 Å². The molecule has 0 amide bonds. The molecule has 2 fully saturated rings. The molecular weight excluding hydrogens is 448 g/mol. The van der Waals surface area contributed by atoms with Crippen LogP contribution in [0.1, 0.15) is 71.9 Å². The van der Waals surface area contributed by atoms with E-state index in [1.54, 1.807) is 0 Å². The Bertz CT molecular complexity index is 955. The van der Waals surface area contributed by atoms with Crippen molar-refractivity contribution in [2.75, 3.05) is 33.0 Å². The van der Waals surface area contributed by atoms with E-state index in [4.69, 9.17) is 18.9 Å². The fraction of sp³-hybridized carbons (Fsp3) is 0.625. The van der Waals surface area contributed by atoms with Gasteiger partial charge in [-0.15, -0.1) is 0 Å².